The molecule has 1 unspecified atom stereocenters. The molecular formula is C18H22ClNO4S. The smallest absolute Gasteiger partial charge is 0.244 e. The summed E-state index contributed by atoms with van der Waals surface area (Å²) < 4.78 is 38.7. The van der Waals surface area contributed by atoms with Crippen molar-refractivity contribution in [2.24, 2.45) is 0 Å². The number of aryl methyl sites for hydroxylation is 1. The second-order valence-corrected chi connectivity index (χ2v) is 7.58. The van der Waals surface area contributed by atoms with Gasteiger partial charge in [0.15, 0.2) is 0 Å². The third-order valence-electron chi connectivity index (χ3n) is 3.92. The van der Waals surface area contributed by atoms with Crippen molar-refractivity contribution in [3.63, 3.8) is 0 Å². The minimum absolute atomic E-state index is 0.0576. The Labute approximate surface area is 154 Å². The Morgan fingerprint density at radius 1 is 1.16 bits per heavy atom. The first kappa shape index (κ1) is 19.7. The zero-order chi connectivity index (χ0) is 18.4. The number of hydrogen-bond donors (Lipinski definition) is 1. The van der Waals surface area contributed by atoms with Gasteiger partial charge in [-0.3, -0.25) is 0 Å². The van der Waals surface area contributed by atoms with E-state index in [1.54, 1.807) is 18.2 Å². The van der Waals surface area contributed by atoms with Crippen molar-refractivity contribution in [3.8, 4) is 5.75 Å². The third-order valence-corrected chi connectivity index (χ3v) is 5.71. The van der Waals surface area contributed by atoms with Gasteiger partial charge in [0.2, 0.25) is 10.0 Å². The van der Waals surface area contributed by atoms with Crippen LogP contribution in [0.3, 0.4) is 0 Å². The van der Waals surface area contributed by atoms with Crippen LogP contribution in [0.2, 0.25) is 5.02 Å². The van der Waals surface area contributed by atoms with Crippen LogP contribution < -0.4 is 9.46 Å². The van der Waals surface area contributed by atoms with E-state index >= 15 is 0 Å². The molecule has 0 aliphatic heterocycles. The van der Waals surface area contributed by atoms with Gasteiger partial charge in [-0.25, -0.2) is 13.1 Å². The Morgan fingerprint density at radius 3 is 2.48 bits per heavy atom. The summed E-state index contributed by atoms with van der Waals surface area (Å²) in [5.41, 5.74) is 1.64. The fraction of sp³-hybridized carbons (Fsp3) is 0.333. The van der Waals surface area contributed by atoms with Crippen LogP contribution in [0, 0.1) is 0 Å². The summed E-state index contributed by atoms with van der Waals surface area (Å²) in [6, 6.07) is 12.3. The van der Waals surface area contributed by atoms with Gasteiger partial charge in [-0.05, 0) is 30.2 Å². The molecule has 25 heavy (non-hydrogen) atoms. The van der Waals surface area contributed by atoms with Gasteiger partial charge in [-0.2, -0.15) is 0 Å². The highest BCUT2D eigenvalue weighted by Gasteiger charge is 2.23. The highest BCUT2D eigenvalue weighted by Crippen LogP contribution is 2.27. The van der Waals surface area contributed by atoms with Gasteiger partial charge < -0.3 is 9.47 Å². The largest absolute Gasteiger partial charge is 0.495 e. The number of nitrogens with one attached hydrogen (secondary N) is 1. The van der Waals surface area contributed by atoms with E-state index in [-0.39, 0.29) is 11.4 Å². The summed E-state index contributed by atoms with van der Waals surface area (Å²) in [6.07, 6.45) is 0.233. The van der Waals surface area contributed by atoms with Gasteiger partial charge in [0.05, 0.1) is 13.2 Å². The quantitative estimate of drug-likeness (QED) is 0.756. The van der Waals surface area contributed by atoms with Crippen molar-refractivity contribution in [2.75, 3.05) is 20.8 Å². The molecular weight excluding hydrogens is 362 g/mol. The Hall–Kier alpha value is -1.60. The van der Waals surface area contributed by atoms with Crippen molar-refractivity contribution in [1.29, 1.82) is 0 Å². The molecule has 0 heterocycles. The van der Waals surface area contributed by atoms with Crippen molar-refractivity contribution in [3.05, 3.63) is 58.6 Å². The summed E-state index contributed by atoms with van der Waals surface area (Å²) in [5, 5.41) is 0.527. The monoisotopic (exact) mass is 383 g/mol. The molecule has 7 heteroatoms. The van der Waals surface area contributed by atoms with Gasteiger partial charge in [0, 0.05) is 24.2 Å². The van der Waals surface area contributed by atoms with Gasteiger partial charge in [0.25, 0.3) is 0 Å². The van der Waals surface area contributed by atoms with Gasteiger partial charge >= 0.3 is 0 Å². The Bertz CT molecular complexity index is 824. The lowest BCUT2D eigenvalue weighted by atomic mass is 10.1. The van der Waals surface area contributed by atoms with E-state index in [4.69, 9.17) is 21.1 Å². The lowest BCUT2D eigenvalue weighted by Crippen LogP contribution is -2.29. The SMILES string of the molecule is CCc1ccc(OC)c(S(=O)(=O)NCC(OC)c2ccccc2Cl)c1. The molecule has 0 fully saturated rings. The third kappa shape index (κ3) is 4.73. The first-order valence-electron chi connectivity index (χ1n) is 7.86. The van der Waals surface area contributed by atoms with E-state index in [2.05, 4.69) is 4.72 Å². The topological polar surface area (TPSA) is 64.6 Å². The molecule has 2 rings (SSSR count). The predicted molar refractivity (Wildman–Crippen MR) is 98.8 cm³/mol. The van der Waals surface area contributed by atoms with E-state index in [0.29, 0.717) is 10.8 Å². The molecule has 0 spiro atoms. The first-order chi connectivity index (χ1) is 11.9. The van der Waals surface area contributed by atoms with Gasteiger partial charge in [-0.1, -0.05) is 42.8 Å². The minimum atomic E-state index is -3.76. The summed E-state index contributed by atoms with van der Waals surface area (Å²) >= 11 is 6.17. The van der Waals surface area contributed by atoms with Crippen LogP contribution in [-0.4, -0.2) is 29.2 Å². The highest BCUT2D eigenvalue weighted by atomic mass is 35.5. The number of rotatable bonds is 8. The number of benzene rings is 2. The fourth-order valence-corrected chi connectivity index (χ4v) is 3.98. The molecule has 0 aliphatic rings. The molecule has 0 aromatic heterocycles. The molecule has 0 bridgehead atoms. The number of ether oxygens (including phenoxy) is 2. The van der Waals surface area contributed by atoms with Gasteiger partial charge in [0.1, 0.15) is 10.6 Å². The average molecular weight is 384 g/mol. The second-order valence-electron chi connectivity index (χ2n) is 5.44. The molecule has 1 N–H and O–H groups in total. The van der Waals surface area contributed by atoms with Crippen LogP contribution >= 0.6 is 11.6 Å². The maximum Gasteiger partial charge on any atom is 0.244 e. The molecule has 136 valence electrons. The Balaban J connectivity index is 2.25. The standard InChI is InChI=1S/C18H22ClNO4S/c1-4-13-9-10-16(23-2)18(11-13)25(21,22)20-12-17(24-3)14-7-5-6-8-15(14)19/h5-11,17,20H,4,12H2,1-3H3. The van der Waals surface area contributed by atoms with E-state index < -0.39 is 16.1 Å². The van der Waals surface area contributed by atoms with Crippen molar-refractivity contribution in [2.45, 2.75) is 24.3 Å². The number of halogens is 1. The first-order valence-corrected chi connectivity index (χ1v) is 9.72. The van der Waals surface area contributed by atoms with Crippen LogP contribution in [0.1, 0.15) is 24.2 Å². The number of methoxy groups -OCH3 is 2. The second kappa shape index (κ2) is 8.67. The van der Waals surface area contributed by atoms with Crippen LogP contribution in [0.15, 0.2) is 47.4 Å². The predicted octanol–water partition coefficient (Wildman–Crippen LogP) is 3.58. The van der Waals surface area contributed by atoms with Gasteiger partial charge in [-0.15, -0.1) is 0 Å². The molecule has 0 saturated heterocycles. The number of hydrogen-bond acceptors (Lipinski definition) is 4. The van der Waals surface area contributed by atoms with E-state index in [1.807, 2.05) is 31.2 Å². The van der Waals surface area contributed by atoms with E-state index in [9.17, 15) is 8.42 Å². The maximum absolute atomic E-state index is 12.7. The lowest BCUT2D eigenvalue weighted by molar-refractivity contribution is 0.107. The normalized spacial score (nSPS) is 12.8. The molecule has 1 atom stereocenters. The van der Waals surface area contributed by atoms with Crippen LogP contribution in [-0.2, 0) is 21.2 Å². The van der Waals surface area contributed by atoms with Crippen molar-refractivity contribution >= 4 is 21.6 Å². The summed E-state index contributed by atoms with van der Waals surface area (Å²) in [4.78, 5) is 0.114. The summed E-state index contributed by atoms with van der Waals surface area (Å²) in [5.74, 6) is 0.302. The molecule has 2 aromatic carbocycles. The molecule has 0 amide bonds. The minimum Gasteiger partial charge on any atom is -0.495 e. The fourth-order valence-electron chi connectivity index (χ4n) is 2.47. The number of sulfonamides is 1. The summed E-state index contributed by atoms with van der Waals surface area (Å²) in [6.45, 7) is 2.02. The summed E-state index contributed by atoms with van der Waals surface area (Å²) in [7, 11) is -0.799. The molecule has 5 nitrogen and oxygen atoms in total. The van der Waals surface area contributed by atoms with E-state index in [0.717, 1.165) is 17.5 Å². The van der Waals surface area contributed by atoms with Crippen molar-refractivity contribution in [1.82, 2.24) is 4.72 Å². The van der Waals surface area contributed by atoms with Crippen LogP contribution in [0.5, 0.6) is 5.75 Å². The molecule has 0 aliphatic carbocycles. The molecule has 0 radical (unpaired) electrons. The highest BCUT2D eigenvalue weighted by molar-refractivity contribution is 7.89. The average Bonchev–Trinajstić information content (AvgIpc) is 2.63. The van der Waals surface area contributed by atoms with Crippen LogP contribution in [0.4, 0.5) is 0 Å². The maximum atomic E-state index is 12.7. The zero-order valence-electron chi connectivity index (χ0n) is 14.5. The lowest BCUT2D eigenvalue weighted by Gasteiger charge is -2.18. The zero-order valence-corrected chi connectivity index (χ0v) is 16.0. The Kier molecular flexibility index (Phi) is 6.84. The molecule has 2 aromatic rings. The Morgan fingerprint density at radius 2 is 1.88 bits per heavy atom. The van der Waals surface area contributed by atoms with Crippen molar-refractivity contribution < 1.29 is 17.9 Å². The molecule has 0 saturated carbocycles. The van der Waals surface area contributed by atoms with E-state index in [1.165, 1.54) is 14.2 Å². The van der Waals surface area contributed by atoms with Crippen LogP contribution in [0.25, 0.3) is 0 Å².